The summed E-state index contributed by atoms with van der Waals surface area (Å²) in [5.41, 5.74) is 1.43. The van der Waals surface area contributed by atoms with Crippen LogP contribution in [-0.4, -0.2) is 39.1 Å². The van der Waals surface area contributed by atoms with Crippen LogP contribution in [0, 0.1) is 11.3 Å². The number of rotatable bonds is 4. The summed E-state index contributed by atoms with van der Waals surface area (Å²) < 4.78 is 0. The Kier molecular flexibility index (Phi) is 4.60. The first-order valence-corrected chi connectivity index (χ1v) is 5.48. The molecule has 0 bridgehead atoms. The van der Waals surface area contributed by atoms with E-state index in [9.17, 15) is 0 Å². The fourth-order valence-corrected chi connectivity index (χ4v) is 1.77. The van der Waals surface area contributed by atoms with Crippen molar-refractivity contribution in [2.45, 2.75) is 0 Å². The minimum atomic E-state index is 0.619. The van der Waals surface area contributed by atoms with Gasteiger partial charge in [-0.3, -0.25) is 0 Å². The zero-order valence-electron chi connectivity index (χ0n) is 9.87. The molecule has 0 atom stereocenters. The van der Waals surface area contributed by atoms with Crippen LogP contribution in [-0.2, 0) is 0 Å². The van der Waals surface area contributed by atoms with Crippen LogP contribution in [0.2, 0.25) is 5.02 Å². The van der Waals surface area contributed by atoms with Crippen molar-refractivity contribution in [2.24, 2.45) is 0 Å². The standard InChI is InChI=1S/C12H16ClN3/c1-15(2)7-8-16(3)12-10(9-14)5-4-6-11(12)13/h4-6H,7-8H2,1-3H3. The molecule has 1 aromatic rings. The van der Waals surface area contributed by atoms with Gasteiger partial charge >= 0.3 is 0 Å². The molecule has 0 saturated heterocycles. The molecule has 1 rings (SSSR count). The Balaban J connectivity index is 2.90. The van der Waals surface area contributed by atoms with E-state index in [2.05, 4.69) is 11.0 Å². The Hall–Kier alpha value is -1.24. The average Bonchev–Trinajstić information content (AvgIpc) is 2.25. The number of likely N-dealkylation sites (N-methyl/N-ethyl adjacent to an activating group) is 2. The van der Waals surface area contributed by atoms with E-state index in [4.69, 9.17) is 16.9 Å². The number of halogens is 1. The summed E-state index contributed by atoms with van der Waals surface area (Å²) in [6.45, 7) is 1.76. The lowest BCUT2D eigenvalue weighted by atomic mass is 10.2. The molecular formula is C12H16ClN3. The lowest BCUT2D eigenvalue weighted by molar-refractivity contribution is 0.416. The smallest absolute Gasteiger partial charge is 0.101 e. The summed E-state index contributed by atoms with van der Waals surface area (Å²) in [6, 6.07) is 7.56. The Morgan fingerprint density at radius 3 is 2.50 bits per heavy atom. The molecule has 3 nitrogen and oxygen atoms in total. The van der Waals surface area contributed by atoms with Gasteiger partial charge in [-0.2, -0.15) is 5.26 Å². The molecule has 86 valence electrons. The van der Waals surface area contributed by atoms with E-state index in [0.717, 1.165) is 18.8 Å². The van der Waals surface area contributed by atoms with Crippen LogP contribution in [0.1, 0.15) is 5.56 Å². The van der Waals surface area contributed by atoms with E-state index < -0.39 is 0 Å². The second kappa shape index (κ2) is 5.74. The van der Waals surface area contributed by atoms with E-state index in [-0.39, 0.29) is 0 Å². The summed E-state index contributed by atoms with van der Waals surface area (Å²) in [5, 5.41) is 9.65. The van der Waals surface area contributed by atoms with Crippen molar-refractivity contribution in [3.05, 3.63) is 28.8 Å². The molecule has 0 amide bonds. The second-order valence-electron chi connectivity index (χ2n) is 3.97. The number of anilines is 1. The van der Waals surface area contributed by atoms with E-state index >= 15 is 0 Å². The molecule has 0 spiro atoms. The highest BCUT2D eigenvalue weighted by atomic mass is 35.5. The van der Waals surface area contributed by atoms with Gasteiger partial charge in [-0.1, -0.05) is 17.7 Å². The first-order valence-electron chi connectivity index (χ1n) is 5.10. The summed E-state index contributed by atoms with van der Waals surface area (Å²) in [5.74, 6) is 0. The molecule has 0 radical (unpaired) electrons. The number of nitriles is 1. The molecule has 0 heterocycles. The van der Waals surface area contributed by atoms with E-state index in [1.807, 2.05) is 32.1 Å². The Morgan fingerprint density at radius 2 is 1.94 bits per heavy atom. The SMILES string of the molecule is CN(C)CCN(C)c1c(Cl)cccc1C#N. The molecule has 0 fully saturated rings. The van der Waals surface area contributed by atoms with Crippen molar-refractivity contribution >= 4 is 17.3 Å². The number of para-hydroxylation sites is 1. The van der Waals surface area contributed by atoms with Crippen molar-refractivity contribution in [3.63, 3.8) is 0 Å². The largest absolute Gasteiger partial charge is 0.371 e. The normalized spacial score (nSPS) is 10.2. The van der Waals surface area contributed by atoms with Crippen LogP contribution in [0.5, 0.6) is 0 Å². The third-order valence-electron chi connectivity index (χ3n) is 2.37. The highest BCUT2D eigenvalue weighted by Crippen LogP contribution is 2.28. The first kappa shape index (κ1) is 12.8. The van der Waals surface area contributed by atoms with Crippen LogP contribution >= 0.6 is 11.6 Å². The molecule has 1 aromatic carbocycles. The summed E-state index contributed by atoms with van der Waals surface area (Å²) >= 11 is 6.11. The van der Waals surface area contributed by atoms with Gasteiger partial charge in [-0.25, -0.2) is 0 Å². The highest BCUT2D eigenvalue weighted by Gasteiger charge is 2.11. The number of benzene rings is 1. The quantitative estimate of drug-likeness (QED) is 0.805. The number of hydrogen-bond donors (Lipinski definition) is 0. The average molecular weight is 238 g/mol. The van der Waals surface area contributed by atoms with E-state index in [1.165, 1.54) is 0 Å². The predicted molar refractivity (Wildman–Crippen MR) is 68.0 cm³/mol. The Labute approximate surface area is 102 Å². The van der Waals surface area contributed by atoms with Crippen molar-refractivity contribution in [1.82, 2.24) is 4.90 Å². The van der Waals surface area contributed by atoms with Crippen molar-refractivity contribution in [3.8, 4) is 6.07 Å². The van der Waals surface area contributed by atoms with Crippen LogP contribution in [0.25, 0.3) is 0 Å². The van der Waals surface area contributed by atoms with E-state index in [0.29, 0.717) is 10.6 Å². The van der Waals surface area contributed by atoms with Gasteiger partial charge in [0.2, 0.25) is 0 Å². The minimum Gasteiger partial charge on any atom is -0.371 e. The molecule has 0 aliphatic carbocycles. The first-order chi connectivity index (χ1) is 7.56. The molecule has 0 aromatic heterocycles. The molecule has 0 unspecified atom stereocenters. The lowest BCUT2D eigenvalue weighted by Crippen LogP contribution is -2.29. The van der Waals surface area contributed by atoms with Gasteiger partial charge in [0.25, 0.3) is 0 Å². The number of nitrogens with zero attached hydrogens (tertiary/aromatic N) is 3. The molecular weight excluding hydrogens is 222 g/mol. The molecule has 4 heteroatoms. The minimum absolute atomic E-state index is 0.619. The van der Waals surface area contributed by atoms with Crippen LogP contribution in [0.3, 0.4) is 0 Å². The van der Waals surface area contributed by atoms with Crippen molar-refractivity contribution in [1.29, 1.82) is 5.26 Å². The van der Waals surface area contributed by atoms with Crippen molar-refractivity contribution in [2.75, 3.05) is 39.1 Å². The highest BCUT2D eigenvalue weighted by molar-refractivity contribution is 6.33. The van der Waals surface area contributed by atoms with Gasteiger partial charge in [0.1, 0.15) is 6.07 Å². The molecule has 0 aliphatic heterocycles. The predicted octanol–water partition coefficient (Wildman–Crippen LogP) is 2.21. The van der Waals surface area contributed by atoms with Gasteiger partial charge in [0, 0.05) is 20.1 Å². The third-order valence-corrected chi connectivity index (χ3v) is 2.68. The molecule has 16 heavy (non-hydrogen) atoms. The maximum absolute atomic E-state index is 9.02. The third kappa shape index (κ3) is 3.13. The fraction of sp³-hybridized carbons (Fsp3) is 0.417. The van der Waals surface area contributed by atoms with Gasteiger partial charge < -0.3 is 9.80 Å². The second-order valence-corrected chi connectivity index (χ2v) is 4.38. The van der Waals surface area contributed by atoms with Crippen LogP contribution in [0.4, 0.5) is 5.69 Å². The monoisotopic (exact) mass is 237 g/mol. The molecule has 0 aliphatic rings. The summed E-state index contributed by atoms with van der Waals surface area (Å²) in [6.07, 6.45) is 0. The van der Waals surface area contributed by atoms with Gasteiger partial charge in [-0.15, -0.1) is 0 Å². The zero-order valence-corrected chi connectivity index (χ0v) is 10.6. The maximum atomic E-state index is 9.02. The molecule has 0 saturated carbocycles. The maximum Gasteiger partial charge on any atom is 0.101 e. The topological polar surface area (TPSA) is 30.3 Å². The van der Waals surface area contributed by atoms with Gasteiger partial charge in [-0.05, 0) is 26.2 Å². The van der Waals surface area contributed by atoms with Crippen LogP contribution < -0.4 is 4.90 Å². The summed E-state index contributed by atoms with van der Waals surface area (Å²) in [4.78, 5) is 4.11. The summed E-state index contributed by atoms with van der Waals surface area (Å²) in [7, 11) is 5.99. The zero-order chi connectivity index (χ0) is 12.1. The van der Waals surface area contributed by atoms with Crippen molar-refractivity contribution < 1.29 is 0 Å². The van der Waals surface area contributed by atoms with Gasteiger partial charge in [0.15, 0.2) is 0 Å². The van der Waals surface area contributed by atoms with Crippen LogP contribution in [0.15, 0.2) is 18.2 Å². The molecule has 0 N–H and O–H groups in total. The Bertz CT molecular complexity index is 396. The fourth-order valence-electron chi connectivity index (χ4n) is 1.46. The van der Waals surface area contributed by atoms with E-state index in [1.54, 1.807) is 12.1 Å². The lowest BCUT2D eigenvalue weighted by Gasteiger charge is -2.23. The number of hydrogen-bond acceptors (Lipinski definition) is 3. The Morgan fingerprint density at radius 1 is 1.25 bits per heavy atom. The van der Waals surface area contributed by atoms with Gasteiger partial charge in [0.05, 0.1) is 16.3 Å².